The molecule has 2 fully saturated rings. The van der Waals surface area contributed by atoms with Crippen molar-refractivity contribution in [1.29, 1.82) is 0 Å². The first-order chi connectivity index (χ1) is 16.9. The number of hydrogen-bond acceptors (Lipinski definition) is 5. The van der Waals surface area contributed by atoms with E-state index in [-0.39, 0.29) is 24.1 Å². The average Bonchev–Trinajstić information content (AvgIpc) is 2.86. The summed E-state index contributed by atoms with van der Waals surface area (Å²) in [6.07, 6.45) is 5.13. The normalized spacial score (nSPS) is 22.1. The Morgan fingerprint density at radius 2 is 1.91 bits per heavy atom. The number of amides is 1. The Hall–Kier alpha value is -3.12. The summed E-state index contributed by atoms with van der Waals surface area (Å²) in [5.74, 6) is 0.613. The molecule has 2 atom stereocenters. The van der Waals surface area contributed by atoms with E-state index in [0.29, 0.717) is 48.4 Å². The van der Waals surface area contributed by atoms with Gasteiger partial charge in [0.2, 0.25) is 0 Å². The van der Waals surface area contributed by atoms with E-state index in [1.54, 1.807) is 0 Å². The van der Waals surface area contributed by atoms with Crippen molar-refractivity contribution in [2.75, 3.05) is 19.7 Å². The lowest BCUT2D eigenvalue weighted by Crippen LogP contribution is -2.55. The van der Waals surface area contributed by atoms with Crippen molar-refractivity contribution in [2.24, 2.45) is 5.92 Å². The second kappa shape index (κ2) is 9.50. The lowest BCUT2D eigenvalue weighted by Gasteiger charge is -2.47. The molecule has 2 aromatic carbocycles. The Balaban J connectivity index is 1.31. The third kappa shape index (κ3) is 4.59. The zero-order valence-corrected chi connectivity index (χ0v) is 20.5. The minimum absolute atomic E-state index is 0.0760. The first-order valence-corrected chi connectivity index (χ1v) is 12.6. The number of carbonyl (C=O) groups excluding carboxylic acids is 1. The summed E-state index contributed by atoms with van der Waals surface area (Å²) in [5.41, 5.74) is 2.87. The number of benzene rings is 2. The molecular weight excluding hydrogens is 442 g/mol. The molecule has 0 unspecified atom stereocenters. The highest BCUT2D eigenvalue weighted by molar-refractivity contribution is 5.86. The van der Waals surface area contributed by atoms with E-state index in [0.717, 1.165) is 42.2 Å². The van der Waals surface area contributed by atoms with Crippen molar-refractivity contribution in [2.45, 2.75) is 58.0 Å². The molecule has 3 aromatic rings. The first-order valence-electron chi connectivity index (χ1n) is 12.6. The summed E-state index contributed by atoms with van der Waals surface area (Å²) in [7, 11) is 0. The van der Waals surface area contributed by atoms with E-state index in [1.807, 2.05) is 61.2 Å². The van der Waals surface area contributed by atoms with E-state index in [9.17, 15) is 14.7 Å². The molecule has 1 aliphatic heterocycles. The predicted octanol–water partition coefficient (Wildman–Crippen LogP) is 4.53. The van der Waals surface area contributed by atoms with E-state index in [4.69, 9.17) is 9.15 Å². The van der Waals surface area contributed by atoms with Gasteiger partial charge in [-0.25, -0.2) is 4.79 Å². The molecule has 0 spiro atoms. The molecule has 2 aliphatic rings. The second-order valence-electron chi connectivity index (χ2n) is 10.1. The van der Waals surface area contributed by atoms with Gasteiger partial charge in [-0.1, -0.05) is 43.2 Å². The van der Waals surface area contributed by atoms with Crippen molar-refractivity contribution >= 4 is 16.9 Å². The number of rotatable bonds is 5. The number of likely N-dealkylation sites (tertiary alicyclic amines) is 1. The van der Waals surface area contributed by atoms with Crippen molar-refractivity contribution in [3.8, 4) is 5.75 Å². The number of hydrogen-bond donors (Lipinski definition) is 1. The molecule has 1 aliphatic carbocycles. The quantitative estimate of drug-likeness (QED) is 0.549. The molecule has 35 heavy (non-hydrogen) atoms. The molecule has 2 heterocycles. The minimum Gasteiger partial charge on any atom is -0.483 e. The Labute approximate surface area is 205 Å². The van der Waals surface area contributed by atoms with Gasteiger partial charge >= 0.3 is 5.63 Å². The van der Waals surface area contributed by atoms with Gasteiger partial charge in [-0.2, -0.15) is 0 Å². The molecule has 6 heteroatoms. The van der Waals surface area contributed by atoms with Gasteiger partial charge in [0.05, 0.1) is 5.60 Å². The van der Waals surface area contributed by atoms with Crippen molar-refractivity contribution in [3.05, 3.63) is 75.1 Å². The van der Waals surface area contributed by atoms with Gasteiger partial charge in [-0.05, 0) is 56.4 Å². The van der Waals surface area contributed by atoms with E-state index in [1.165, 1.54) is 0 Å². The highest BCUT2D eigenvalue weighted by atomic mass is 16.5. The molecule has 1 amide bonds. The van der Waals surface area contributed by atoms with Crippen LogP contribution in [0.15, 0.2) is 51.7 Å². The fourth-order valence-electron chi connectivity index (χ4n) is 5.76. The lowest BCUT2D eigenvalue weighted by molar-refractivity contribution is -0.145. The van der Waals surface area contributed by atoms with Crippen LogP contribution in [0.25, 0.3) is 11.0 Å². The van der Waals surface area contributed by atoms with Crippen LogP contribution in [-0.4, -0.2) is 41.2 Å². The van der Waals surface area contributed by atoms with Crippen LogP contribution in [-0.2, 0) is 11.2 Å². The van der Waals surface area contributed by atoms with Crippen LogP contribution in [0.2, 0.25) is 0 Å². The highest BCUT2D eigenvalue weighted by Crippen LogP contribution is 2.39. The maximum absolute atomic E-state index is 12.9. The Bertz CT molecular complexity index is 1300. The van der Waals surface area contributed by atoms with Gasteiger partial charge in [-0.15, -0.1) is 0 Å². The summed E-state index contributed by atoms with van der Waals surface area (Å²) in [5, 5.41) is 11.8. The molecule has 6 nitrogen and oxygen atoms in total. The van der Waals surface area contributed by atoms with Gasteiger partial charge in [0, 0.05) is 41.9 Å². The molecule has 5 rings (SSSR count). The number of ether oxygens (including phenoxy) is 1. The van der Waals surface area contributed by atoms with Crippen LogP contribution in [0.4, 0.5) is 0 Å². The fourth-order valence-corrected chi connectivity index (χ4v) is 5.76. The second-order valence-corrected chi connectivity index (χ2v) is 10.1. The topological polar surface area (TPSA) is 80.0 Å². The summed E-state index contributed by atoms with van der Waals surface area (Å²) >= 11 is 0. The number of fused-ring (bicyclic) bond motifs is 2. The fraction of sp³-hybridized carbons (Fsp3) is 0.448. The van der Waals surface area contributed by atoms with Gasteiger partial charge in [0.25, 0.3) is 5.91 Å². The molecule has 1 aromatic heterocycles. The minimum atomic E-state index is -0.612. The number of carbonyl (C=O) groups is 1. The standard InChI is InChI=1S/C29H33NO5/c1-19-23-11-12-25(20(2)27(23)35-28(32)24(19)16-21-8-4-3-5-9-21)34-18-26(31)30-15-14-29(33)13-7-6-10-22(29)17-30/h3-5,8-9,11-12,22,33H,6-7,10,13-18H2,1-2H3/t22-,29-/m1/s1. The maximum Gasteiger partial charge on any atom is 0.340 e. The SMILES string of the molecule is Cc1c(Cc2ccccc2)c(=O)oc2c(C)c(OCC(=O)N3CC[C@]4(O)CCCC[C@@H]4C3)ccc12. The molecule has 1 N–H and O–H groups in total. The van der Waals surface area contributed by atoms with Crippen LogP contribution < -0.4 is 10.4 Å². The molecular formula is C29H33NO5. The van der Waals surface area contributed by atoms with Crippen LogP contribution in [0.3, 0.4) is 0 Å². The zero-order valence-electron chi connectivity index (χ0n) is 20.5. The monoisotopic (exact) mass is 475 g/mol. The zero-order chi connectivity index (χ0) is 24.6. The maximum atomic E-state index is 12.9. The van der Waals surface area contributed by atoms with E-state index < -0.39 is 5.60 Å². The molecule has 184 valence electrons. The van der Waals surface area contributed by atoms with Crippen LogP contribution >= 0.6 is 0 Å². The van der Waals surface area contributed by atoms with E-state index >= 15 is 0 Å². The molecule has 1 saturated heterocycles. The predicted molar refractivity (Wildman–Crippen MR) is 135 cm³/mol. The number of nitrogens with zero attached hydrogens (tertiary/aromatic N) is 1. The van der Waals surface area contributed by atoms with Gasteiger partial charge in [0.15, 0.2) is 6.61 Å². The lowest BCUT2D eigenvalue weighted by atomic mass is 9.71. The van der Waals surface area contributed by atoms with Crippen molar-refractivity contribution in [3.63, 3.8) is 0 Å². The van der Waals surface area contributed by atoms with Crippen molar-refractivity contribution in [1.82, 2.24) is 4.90 Å². The average molecular weight is 476 g/mol. The molecule has 0 bridgehead atoms. The smallest absolute Gasteiger partial charge is 0.340 e. The van der Waals surface area contributed by atoms with Crippen LogP contribution in [0, 0.1) is 19.8 Å². The Kier molecular flexibility index (Phi) is 6.41. The number of aryl methyl sites for hydroxylation is 2. The summed E-state index contributed by atoms with van der Waals surface area (Å²) in [4.78, 5) is 27.6. The Morgan fingerprint density at radius 3 is 2.71 bits per heavy atom. The number of aliphatic hydroxyl groups is 1. The van der Waals surface area contributed by atoms with Gasteiger partial charge in [0.1, 0.15) is 11.3 Å². The highest BCUT2D eigenvalue weighted by Gasteiger charge is 2.43. The number of piperidine rings is 1. The molecule has 0 radical (unpaired) electrons. The van der Waals surface area contributed by atoms with Crippen LogP contribution in [0.5, 0.6) is 5.75 Å². The van der Waals surface area contributed by atoms with Gasteiger partial charge < -0.3 is 19.2 Å². The first kappa shape index (κ1) is 23.6. The molecule has 1 saturated carbocycles. The third-order valence-corrected chi connectivity index (χ3v) is 8.01. The van der Waals surface area contributed by atoms with Crippen LogP contribution in [0.1, 0.15) is 54.4 Å². The summed E-state index contributed by atoms with van der Waals surface area (Å²) in [6, 6.07) is 13.6. The van der Waals surface area contributed by atoms with Gasteiger partial charge in [-0.3, -0.25) is 4.79 Å². The Morgan fingerprint density at radius 1 is 1.11 bits per heavy atom. The largest absolute Gasteiger partial charge is 0.483 e. The summed E-state index contributed by atoms with van der Waals surface area (Å²) in [6.45, 7) is 4.87. The van der Waals surface area contributed by atoms with Crippen molar-refractivity contribution < 1.29 is 19.1 Å². The third-order valence-electron chi connectivity index (χ3n) is 8.01. The summed E-state index contributed by atoms with van der Waals surface area (Å²) < 4.78 is 11.7. The van der Waals surface area contributed by atoms with E-state index in [2.05, 4.69) is 0 Å².